The zero-order valence-electron chi connectivity index (χ0n) is 9.90. The summed E-state index contributed by atoms with van der Waals surface area (Å²) in [6.07, 6.45) is 1.25. The quantitative estimate of drug-likeness (QED) is 0.921. The van der Waals surface area contributed by atoms with Crippen LogP contribution in [0, 0.1) is 5.82 Å². The SMILES string of the molecule is CCc1cccnc1C(O)c1ccc(Cl)cc1F. The predicted octanol–water partition coefficient (Wildman–Crippen LogP) is 3.52. The third kappa shape index (κ3) is 2.52. The molecule has 0 aliphatic heterocycles. The lowest BCUT2D eigenvalue weighted by Crippen LogP contribution is -2.07. The van der Waals surface area contributed by atoms with Crippen molar-refractivity contribution in [3.8, 4) is 0 Å². The van der Waals surface area contributed by atoms with Crippen LogP contribution in [0.1, 0.15) is 29.8 Å². The minimum Gasteiger partial charge on any atom is -0.382 e. The Morgan fingerprint density at radius 1 is 1.39 bits per heavy atom. The van der Waals surface area contributed by atoms with E-state index in [-0.39, 0.29) is 5.56 Å². The molecule has 1 heterocycles. The minimum absolute atomic E-state index is 0.188. The zero-order chi connectivity index (χ0) is 13.1. The molecule has 0 fully saturated rings. The summed E-state index contributed by atoms with van der Waals surface area (Å²) in [5.74, 6) is -0.525. The van der Waals surface area contributed by atoms with E-state index < -0.39 is 11.9 Å². The molecule has 0 aliphatic rings. The number of halogens is 2. The van der Waals surface area contributed by atoms with E-state index in [2.05, 4.69) is 4.98 Å². The zero-order valence-corrected chi connectivity index (χ0v) is 10.7. The number of pyridine rings is 1. The molecule has 0 spiro atoms. The number of aliphatic hydroxyl groups is 1. The van der Waals surface area contributed by atoms with E-state index in [4.69, 9.17) is 11.6 Å². The molecule has 0 saturated heterocycles. The predicted molar refractivity (Wildman–Crippen MR) is 69.1 cm³/mol. The van der Waals surface area contributed by atoms with Crippen LogP contribution in [-0.4, -0.2) is 10.1 Å². The minimum atomic E-state index is -1.07. The van der Waals surface area contributed by atoms with Gasteiger partial charge in [-0.05, 0) is 30.2 Å². The summed E-state index contributed by atoms with van der Waals surface area (Å²) >= 11 is 5.69. The number of aliphatic hydroxyl groups excluding tert-OH is 1. The molecule has 18 heavy (non-hydrogen) atoms. The Kier molecular flexibility index (Phi) is 3.94. The average Bonchev–Trinajstić information content (AvgIpc) is 2.38. The van der Waals surface area contributed by atoms with Crippen molar-refractivity contribution in [2.45, 2.75) is 19.4 Å². The Labute approximate surface area is 110 Å². The molecule has 4 heteroatoms. The van der Waals surface area contributed by atoms with Gasteiger partial charge in [0.25, 0.3) is 0 Å². The van der Waals surface area contributed by atoms with Crippen molar-refractivity contribution in [3.05, 3.63) is 64.2 Å². The molecule has 2 nitrogen and oxygen atoms in total. The molecule has 2 rings (SSSR count). The lowest BCUT2D eigenvalue weighted by atomic mass is 10.0. The lowest BCUT2D eigenvalue weighted by molar-refractivity contribution is 0.209. The number of hydrogen-bond donors (Lipinski definition) is 1. The second-order valence-electron chi connectivity index (χ2n) is 3.97. The van der Waals surface area contributed by atoms with Gasteiger partial charge in [0.2, 0.25) is 0 Å². The molecule has 1 unspecified atom stereocenters. The van der Waals surface area contributed by atoms with Gasteiger partial charge in [0.1, 0.15) is 11.9 Å². The summed E-state index contributed by atoms with van der Waals surface area (Å²) in [6.45, 7) is 1.96. The van der Waals surface area contributed by atoms with Crippen LogP contribution in [-0.2, 0) is 6.42 Å². The fourth-order valence-corrected chi connectivity index (χ4v) is 2.03. The van der Waals surface area contributed by atoms with Gasteiger partial charge in [-0.2, -0.15) is 0 Å². The molecular weight excluding hydrogens is 253 g/mol. The first kappa shape index (κ1) is 13.0. The van der Waals surface area contributed by atoms with Gasteiger partial charge < -0.3 is 5.11 Å². The lowest BCUT2D eigenvalue weighted by Gasteiger charge is -2.14. The first-order valence-electron chi connectivity index (χ1n) is 5.70. The van der Waals surface area contributed by atoms with Crippen LogP contribution in [0.5, 0.6) is 0 Å². The highest BCUT2D eigenvalue weighted by atomic mass is 35.5. The molecule has 0 bridgehead atoms. The van der Waals surface area contributed by atoms with E-state index in [1.807, 2.05) is 13.0 Å². The molecular formula is C14H13ClFNO. The second-order valence-corrected chi connectivity index (χ2v) is 4.41. The van der Waals surface area contributed by atoms with Crippen LogP contribution >= 0.6 is 11.6 Å². The van der Waals surface area contributed by atoms with E-state index in [1.54, 1.807) is 18.3 Å². The van der Waals surface area contributed by atoms with E-state index in [9.17, 15) is 9.50 Å². The van der Waals surface area contributed by atoms with Gasteiger partial charge in [-0.25, -0.2) is 4.39 Å². The molecule has 1 aromatic carbocycles. The largest absolute Gasteiger partial charge is 0.382 e. The number of aromatic nitrogens is 1. The van der Waals surface area contributed by atoms with Crippen molar-refractivity contribution >= 4 is 11.6 Å². The Morgan fingerprint density at radius 2 is 2.17 bits per heavy atom. The Balaban J connectivity index is 2.44. The van der Waals surface area contributed by atoms with Gasteiger partial charge in [-0.15, -0.1) is 0 Å². The summed E-state index contributed by atoms with van der Waals surface area (Å²) < 4.78 is 13.7. The third-order valence-electron chi connectivity index (χ3n) is 2.82. The van der Waals surface area contributed by atoms with Gasteiger partial charge in [-0.1, -0.05) is 30.7 Å². The highest BCUT2D eigenvalue weighted by molar-refractivity contribution is 6.30. The standard InChI is InChI=1S/C14H13ClFNO/c1-2-9-4-3-7-17-13(9)14(18)11-6-5-10(15)8-12(11)16/h3-8,14,18H,2H2,1H3. The summed E-state index contributed by atoms with van der Waals surface area (Å²) in [5, 5.41) is 10.5. The van der Waals surface area contributed by atoms with Gasteiger partial charge in [0.15, 0.2) is 0 Å². The fourth-order valence-electron chi connectivity index (χ4n) is 1.87. The highest BCUT2D eigenvalue weighted by Gasteiger charge is 2.18. The van der Waals surface area contributed by atoms with Gasteiger partial charge in [0.05, 0.1) is 5.69 Å². The van der Waals surface area contributed by atoms with Crippen molar-refractivity contribution in [1.29, 1.82) is 0 Å². The van der Waals surface area contributed by atoms with Crippen molar-refractivity contribution in [2.75, 3.05) is 0 Å². The molecule has 0 amide bonds. The molecule has 2 aromatic rings. The second kappa shape index (κ2) is 5.46. The maximum Gasteiger partial charge on any atom is 0.130 e. The number of nitrogens with zero attached hydrogens (tertiary/aromatic N) is 1. The molecule has 1 N–H and O–H groups in total. The van der Waals surface area contributed by atoms with E-state index >= 15 is 0 Å². The monoisotopic (exact) mass is 265 g/mol. The maximum absolute atomic E-state index is 13.7. The van der Waals surface area contributed by atoms with Gasteiger partial charge >= 0.3 is 0 Å². The first-order valence-corrected chi connectivity index (χ1v) is 6.08. The fraction of sp³-hybridized carbons (Fsp3) is 0.214. The average molecular weight is 266 g/mol. The maximum atomic E-state index is 13.7. The number of hydrogen-bond acceptors (Lipinski definition) is 2. The van der Waals surface area contributed by atoms with Gasteiger partial charge in [0, 0.05) is 16.8 Å². The molecule has 94 valence electrons. The van der Waals surface area contributed by atoms with E-state index in [0.717, 1.165) is 12.0 Å². The summed E-state index contributed by atoms with van der Waals surface area (Å²) in [6, 6.07) is 7.90. The van der Waals surface area contributed by atoms with Crippen LogP contribution in [0.15, 0.2) is 36.5 Å². The number of benzene rings is 1. The normalized spacial score (nSPS) is 12.4. The van der Waals surface area contributed by atoms with Crippen molar-refractivity contribution in [1.82, 2.24) is 4.98 Å². The molecule has 0 aliphatic carbocycles. The van der Waals surface area contributed by atoms with Crippen LogP contribution in [0.3, 0.4) is 0 Å². The van der Waals surface area contributed by atoms with Crippen LogP contribution in [0.4, 0.5) is 4.39 Å². The van der Waals surface area contributed by atoms with Crippen molar-refractivity contribution in [2.24, 2.45) is 0 Å². The van der Waals surface area contributed by atoms with Crippen LogP contribution in [0.25, 0.3) is 0 Å². The van der Waals surface area contributed by atoms with Crippen LogP contribution < -0.4 is 0 Å². The van der Waals surface area contributed by atoms with Gasteiger partial charge in [-0.3, -0.25) is 4.98 Å². The van der Waals surface area contributed by atoms with Crippen LogP contribution in [0.2, 0.25) is 5.02 Å². The summed E-state index contributed by atoms with van der Waals surface area (Å²) in [5.41, 5.74) is 1.58. The number of aryl methyl sites for hydroxylation is 1. The van der Waals surface area contributed by atoms with Crippen molar-refractivity contribution < 1.29 is 9.50 Å². The highest BCUT2D eigenvalue weighted by Crippen LogP contribution is 2.27. The molecule has 0 radical (unpaired) electrons. The van der Waals surface area contributed by atoms with E-state index in [1.165, 1.54) is 12.1 Å². The number of rotatable bonds is 3. The molecule has 1 atom stereocenters. The molecule has 1 aromatic heterocycles. The Morgan fingerprint density at radius 3 is 2.83 bits per heavy atom. The Hall–Kier alpha value is -1.45. The first-order chi connectivity index (χ1) is 8.63. The summed E-state index contributed by atoms with van der Waals surface area (Å²) in [7, 11) is 0. The van der Waals surface area contributed by atoms with E-state index in [0.29, 0.717) is 10.7 Å². The Bertz CT molecular complexity index is 559. The van der Waals surface area contributed by atoms with Crippen molar-refractivity contribution in [3.63, 3.8) is 0 Å². The topological polar surface area (TPSA) is 33.1 Å². The summed E-state index contributed by atoms with van der Waals surface area (Å²) in [4.78, 5) is 4.14. The third-order valence-corrected chi connectivity index (χ3v) is 3.06. The smallest absolute Gasteiger partial charge is 0.130 e. The molecule has 0 saturated carbocycles.